The van der Waals surface area contributed by atoms with Gasteiger partial charge < -0.3 is 9.63 Å². The molecule has 0 aliphatic heterocycles. The van der Waals surface area contributed by atoms with E-state index in [1.807, 2.05) is 42.5 Å². The first-order valence-electron chi connectivity index (χ1n) is 5.76. The monoisotopic (exact) mass is 227 g/mol. The molecule has 1 aromatic heterocycles. The van der Waals surface area contributed by atoms with Gasteiger partial charge in [0.15, 0.2) is 5.76 Å². The average molecular weight is 227 g/mol. The topological polar surface area (TPSA) is 46.3 Å². The van der Waals surface area contributed by atoms with Crippen LogP contribution in [0.4, 0.5) is 0 Å². The van der Waals surface area contributed by atoms with Crippen molar-refractivity contribution in [3.05, 3.63) is 47.7 Å². The average Bonchev–Trinajstić information content (AvgIpc) is 2.71. The van der Waals surface area contributed by atoms with Crippen LogP contribution in [0, 0.1) is 0 Å². The quantitative estimate of drug-likeness (QED) is 0.813. The summed E-state index contributed by atoms with van der Waals surface area (Å²) in [5.74, 6) is 0.675. The summed E-state index contributed by atoms with van der Waals surface area (Å²) in [5.41, 5.74) is 2.54. The number of allylic oxidation sites excluding steroid dienone is 1. The van der Waals surface area contributed by atoms with Gasteiger partial charge in [-0.05, 0) is 18.9 Å². The summed E-state index contributed by atoms with van der Waals surface area (Å²) < 4.78 is 5.30. The molecule has 17 heavy (non-hydrogen) atoms. The van der Waals surface area contributed by atoms with Crippen molar-refractivity contribution in [2.24, 2.45) is 0 Å². The summed E-state index contributed by atoms with van der Waals surface area (Å²) in [5, 5.41) is 14.2. The number of rotatable bonds is 1. The number of fused-ring (bicyclic) bond motifs is 1. The van der Waals surface area contributed by atoms with Crippen LogP contribution in [0.25, 0.3) is 17.3 Å². The second kappa shape index (κ2) is 4.18. The third-order valence-corrected chi connectivity index (χ3v) is 3.01. The first-order valence-corrected chi connectivity index (χ1v) is 5.76. The van der Waals surface area contributed by atoms with E-state index in [0.29, 0.717) is 12.2 Å². The van der Waals surface area contributed by atoms with Gasteiger partial charge in [0.2, 0.25) is 0 Å². The SMILES string of the molecule is OC1CCC=Cc2onc(-c3ccccc3)c21. The molecule has 0 spiro atoms. The summed E-state index contributed by atoms with van der Waals surface area (Å²) in [4.78, 5) is 0. The Bertz CT molecular complexity index is 543. The molecule has 0 amide bonds. The number of aliphatic hydroxyl groups excluding tert-OH is 1. The van der Waals surface area contributed by atoms with Crippen molar-refractivity contribution >= 4 is 6.08 Å². The van der Waals surface area contributed by atoms with Crippen LogP contribution in [0.1, 0.15) is 30.3 Å². The van der Waals surface area contributed by atoms with Gasteiger partial charge in [0.25, 0.3) is 0 Å². The van der Waals surface area contributed by atoms with E-state index in [9.17, 15) is 5.11 Å². The van der Waals surface area contributed by atoms with E-state index in [1.165, 1.54) is 0 Å². The van der Waals surface area contributed by atoms with E-state index in [0.717, 1.165) is 23.2 Å². The van der Waals surface area contributed by atoms with Crippen molar-refractivity contribution in [2.45, 2.75) is 18.9 Å². The lowest BCUT2D eigenvalue weighted by atomic mass is 10.0. The molecule has 3 heteroatoms. The van der Waals surface area contributed by atoms with Crippen molar-refractivity contribution < 1.29 is 9.63 Å². The number of benzene rings is 1. The lowest BCUT2D eigenvalue weighted by Gasteiger charge is -2.08. The van der Waals surface area contributed by atoms with E-state index in [1.54, 1.807) is 0 Å². The van der Waals surface area contributed by atoms with Crippen LogP contribution in [-0.4, -0.2) is 10.3 Å². The maximum absolute atomic E-state index is 10.1. The minimum absolute atomic E-state index is 0.499. The van der Waals surface area contributed by atoms with Crippen LogP contribution in [-0.2, 0) is 0 Å². The van der Waals surface area contributed by atoms with Crippen LogP contribution >= 0.6 is 0 Å². The Kier molecular flexibility index (Phi) is 2.53. The number of nitrogens with zero attached hydrogens (tertiary/aromatic N) is 1. The first kappa shape index (κ1) is 10.3. The summed E-state index contributed by atoms with van der Waals surface area (Å²) in [6.45, 7) is 0. The van der Waals surface area contributed by atoms with Crippen molar-refractivity contribution in [1.29, 1.82) is 0 Å². The minimum Gasteiger partial charge on any atom is -0.388 e. The number of aliphatic hydroxyl groups is 1. The molecular weight excluding hydrogens is 214 g/mol. The molecule has 1 N–H and O–H groups in total. The second-order valence-corrected chi connectivity index (χ2v) is 4.17. The Labute approximate surface area is 99.4 Å². The summed E-state index contributed by atoms with van der Waals surface area (Å²) in [6.07, 6.45) is 4.98. The molecule has 0 saturated carbocycles. The molecule has 3 nitrogen and oxygen atoms in total. The molecule has 3 rings (SSSR count). The smallest absolute Gasteiger partial charge is 0.165 e. The fourth-order valence-corrected chi connectivity index (χ4v) is 2.15. The molecule has 1 aromatic carbocycles. The molecule has 1 unspecified atom stereocenters. The molecule has 2 aromatic rings. The fraction of sp³-hybridized carbons (Fsp3) is 0.214. The Balaban J connectivity index is 2.15. The van der Waals surface area contributed by atoms with E-state index in [4.69, 9.17) is 4.52 Å². The van der Waals surface area contributed by atoms with Crippen molar-refractivity contribution in [1.82, 2.24) is 5.16 Å². The summed E-state index contributed by atoms with van der Waals surface area (Å²) in [6, 6.07) is 9.81. The van der Waals surface area contributed by atoms with Crippen molar-refractivity contribution in [2.75, 3.05) is 0 Å². The molecule has 86 valence electrons. The molecule has 0 saturated heterocycles. The third-order valence-electron chi connectivity index (χ3n) is 3.01. The van der Waals surface area contributed by atoms with Gasteiger partial charge in [0.05, 0.1) is 11.7 Å². The van der Waals surface area contributed by atoms with Gasteiger partial charge in [-0.1, -0.05) is 41.6 Å². The lowest BCUT2D eigenvalue weighted by molar-refractivity contribution is 0.169. The predicted octanol–water partition coefficient (Wildman–Crippen LogP) is 3.18. The fourth-order valence-electron chi connectivity index (χ4n) is 2.15. The Hall–Kier alpha value is -1.87. The van der Waals surface area contributed by atoms with Crippen LogP contribution in [0.5, 0.6) is 0 Å². The standard InChI is InChI=1S/C14H13NO2/c16-11-8-4-5-9-12-13(11)14(15-17-12)10-6-2-1-3-7-10/h1-3,5-7,9,11,16H,4,8H2. The van der Waals surface area contributed by atoms with Crippen LogP contribution in [0.2, 0.25) is 0 Å². The summed E-state index contributed by atoms with van der Waals surface area (Å²) >= 11 is 0. The highest BCUT2D eigenvalue weighted by Gasteiger charge is 2.23. The largest absolute Gasteiger partial charge is 0.388 e. The van der Waals surface area contributed by atoms with E-state index in [-0.39, 0.29) is 0 Å². The zero-order valence-corrected chi connectivity index (χ0v) is 9.34. The molecule has 1 heterocycles. The normalized spacial score (nSPS) is 18.8. The van der Waals surface area contributed by atoms with Gasteiger partial charge in [0.1, 0.15) is 5.69 Å². The van der Waals surface area contributed by atoms with Gasteiger partial charge in [-0.25, -0.2) is 0 Å². The van der Waals surface area contributed by atoms with Gasteiger partial charge in [-0.15, -0.1) is 0 Å². The van der Waals surface area contributed by atoms with Gasteiger partial charge in [-0.2, -0.15) is 0 Å². The maximum Gasteiger partial charge on any atom is 0.165 e. The van der Waals surface area contributed by atoms with E-state index < -0.39 is 6.10 Å². The van der Waals surface area contributed by atoms with Gasteiger partial charge in [-0.3, -0.25) is 0 Å². The van der Waals surface area contributed by atoms with Crippen LogP contribution < -0.4 is 0 Å². The molecule has 1 aliphatic carbocycles. The lowest BCUT2D eigenvalue weighted by Crippen LogP contribution is -1.98. The third kappa shape index (κ3) is 1.78. The maximum atomic E-state index is 10.1. The molecule has 0 radical (unpaired) electrons. The molecular formula is C14H13NO2. The zero-order chi connectivity index (χ0) is 11.7. The molecule has 1 aliphatic rings. The van der Waals surface area contributed by atoms with E-state index >= 15 is 0 Å². The Morgan fingerprint density at radius 2 is 2.06 bits per heavy atom. The molecule has 0 fully saturated rings. The first-order chi connectivity index (χ1) is 8.36. The van der Waals surface area contributed by atoms with Crippen molar-refractivity contribution in [3.8, 4) is 11.3 Å². The highest BCUT2D eigenvalue weighted by atomic mass is 16.5. The van der Waals surface area contributed by atoms with Gasteiger partial charge >= 0.3 is 0 Å². The zero-order valence-electron chi connectivity index (χ0n) is 9.34. The number of hydrogen-bond donors (Lipinski definition) is 1. The molecule has 0 bridgehead atoms. The number of hydrogen-bond acceptors (Lipinski definition) is 3. The van der Waals surface area contributed by atoms with Crippen LogP contribution in [0.15, 0.2) is 40.9 Å². The van der Waals surface area contributed by atoms with Crippen molar-refractivity contribution in [3.63, 3.8) is 0 Å². The minimum atomic E-state index is -0.499. The molecule has 1 atom stereocenters. The number of aromatic nitrogens is 1. The predicted molar refractivity (Wildman–Crippen MR) is 65.2 cm³/mol. The summed E-state index contributed by atoms with van der Waals surface area (Å²) in [7, 11) is 0. The second-order valence-electron chi connectivity index (χ2n) is 4.17. The Morgan fingerprint density at radius 3 is 2.88 bits per heavy atom. The highest BCUT2D eigenvalue weighted by molar-refractivity contribution is 5.68. The van der Waals surface area contributed by atoms with E-state index in [2.05, 4.69) is 5.16 Å². The highest BCUT2D eigenvalue weighted by Crippen LogP contribution is 2.35. The van der Waals surface area contributed by atoms with Gasteiger partial charge in [0, 0.05) is 5.56 Å². The Morgan fingerprint density at radius 1 is 1.24 bits per heavy atom. The van der Waals surface area contributed by atoms with Crippen LogP contribution in [0.3, 0.4) is 0 Å².